The van der Waals surface area contributed by atoms with Crippen molar-refractivity contribution in [2.24, 2.45) is 5.73 Å². The molecule has 0 amide bonds. The van der Waals surface area contributed by atoms with Gasteiger partial charge in [0.1, 0.15) is 5.82 Å². The first-order valence-electron chi connectivity index (χ1n) is 4.73. The molecule has 0 saturated carbocycles. The van der Waals surface area contributed by atoms with Gasteiger partial charge in [-0.25, -0.2) is 4.39 Å². The van der Waals surface area contributed by atoms with Crippen molar-refractivity contribution in [3.63, 3.8) is 0 Å². The van der Waals surface area contributed by atoms with Gasteiger partial charge in [-0.3, -0.25) is 0 Å². The van der Waals surface area contributed by atoms with E-state index in [0.717, 1.165) is 30.4 Å². The molecule has 0 saturated heterocycles. The van der Waals surface area contributed by atoms with Crippen LogP contribution in [0.25, 0.3) is 0 Å². The molecule has 0 unspecified atom stereocenters. The lowest BCUT2D eigenvalue weighted by atomic mass is 9.87. The van der Waals surface area contributed by atoms with Gasteiger partial charge in [0, 0.05) is 6.04 Å². The summed E-state index contributed by atoms with van der Waals surface area (Å²) in [6.07, 6.45) is 3.08. The molecular formula is C11H14FN. The Morgan fingerprint density at radius 1 is 1.46 bits per heavy atom. The number of aryl methyl sites for hydroxylation is 2. The Morgan fingerprint density at radius 2 is 2.23 bits per heavy atom. The minimum absolute atomic E-state index is 0.104. The van der Waals surface area contributed by atoms with Crippen LogP contribution in [0.1, 0.15) is 35.6 Å². The molecule has 0 aliphatic heterocycles. The van der Waals surface area contributed by atoms with Crippen LogP contribution in [-0.4, -0.2) is 0 Å². The summed E-state index contributed by atoms with van der Waals surface area (Å²) in [5.41, 5.74) is 8.89. The summed E-state index contributed by atoms with van der Waals surface area (Å²) in [6, 6.07) is 3.65. The smallest absolute Gasteiger partial charge is 0.126 e. The first-order valence-corrected chi connectivity index (χ1v) is 4.73. The van der Waals surface area contributed by atoms with Crippen molar-refractivity contribution in [2.75, 3.05) is 0 Å². The third kappa shape index (κ3) is 1.46. The van der Waals surface area contributed by atoms with E-state index in [2.05, 4.69) is 0 Å². The highest BCUT2D eigenvalue weighted by molar-refractivity contribution is 5.36. The maximum atomic E-state index is 13.2. The maximum absolute atomic E-state index is 13.2. The molecule has 0 heterocycles. The summed E-state index contributed by atoms with van der Waals surface area (Å²) in [6.45, 7) is 1.79. The highest BCUT2D eigenvalue weighted by atomic mass is 19.1. The van der Waals surface area contributed by atoms with Crippen LogP contribution in [0, 0.1) is 12.7 Å². The van der Waals surface area contributed by atoms with Crippen LogP contribution in [0.4, 0.5) is 4.39 Å². The van der Waals surface area contributed by atoms with Crippen LogP contribution in [0.2, 0.25) is 0 Å². The van der Waals surface area contributed by atoms with Crippen LogP contribution < -0.4 is 5.73 Å². The van der Waals surface area contributed by atoms with Crippen LogP contribution in [0.15, 0.2) is 12.1 Å². The molecule has 2 heteroatoms. The Kier molecular flexibility index (Phi) is 2.08. The molecule has 1 atom stereocenters. The second kappa shape index (κ2) is 3.11. The van der Waals surface area contributed by atoms with Gasteiger partial charge in [-0.15, -0.1) is 0 Å². The van der Waals surface area contributed by atoms with Crippen molar-refractivity contribution in [3.05, 3.63) is 34.6 Å². The molecule has 0 bridgehead atoms. The minimum Gasteiger partial charge on any atom is -0.324 e. The molecule has 2 N–H and O–H groups in total. The van der Waals surface area contributed by atoms with Crippen LogP contribution in [0.5, 0.6) is 0 Å². The fourth-order valence-corrected chi connectivity index (χ4v) is 1.97. The monoisotopic (exact) mass is 179 g/mol. The molecule has 0 fully saturated rings. The van der Waals surface area contributed by atoms with E-state index in [-0.39, 0.29) is 11.9 Å². The van der Waals surface area contributed by atoms with Crippen LogP contribution >= 0.6 is 0 Å². The number of hydrogen-bond donors (Lipinski definition) is 1. The third-order valence-corrected chi connectivity index (χ3v) is 2.78. The molecule has 1 aromatic carbocycles. The second-order valence-electron chi connectivity index (χ2n) is 3.80. The number of halogens is 1. The van der Waals surface area contributed by atoms with Crippen molar-refractivity contribution in [2.45, 2.75) is 32.2 Å². The van der Waals surface area contributed by atoms with Gasteiger partial charge in [-0.1, -0.05) is 6.07 Å². The Hall–Kier alpha value is -0.890. The molecule has 0 spiro atoms. The van der Waals surface area contributed by atoms with Crippen molar-refractivity contribution in [1.82, 2.24) is 0 Å². The van der Waals surface area contributed by atoms with E-state index >= 15 is 0 Å². The fourth-order valence-electron chi connectivity index (χ4n) is 1.97. The van der Waals surface area contributed by atoms with Gasteiger partial charge in [-0.2, -0.15) is 0 Å². The molecule has 0 aromatic heterocycles. The summed E-state index contributed by atoms with van der Waals surface area (Å²) in [5.74, 6) is -0.104. The zero-order valence-electron chi connectivity index (χ0n) is 7.81. The van der Waals surface area contributed by atoms with Gasteiger partial charge in [0.05, 0.1) is 0 Å². The highest BCUT2D eigenvalue weighted by Gasteiger charge is 2.17. The largest absolute Gasteiger partial charge is 0.324 e. The van der Waals surface area contributed by atoms with Crippen LogP contribution in [0.3, 0.4) is 0 Å². The first kappa shape index (κ1) is 8.70. The van der Waals surface area contributed by atoms with E-state index in [4.69, 9.17) is 5.73 Å². The molecule has 2 rings (SSSR count). The average molecular weight is 179 g/mol. The van der Waals surface area contributed by atoms with E-state index in [1.807, 2.05) is 6.07 Å². The number of hydrogen-bond acceptors (Lipinski definition) is 1. The van der Waals surface area contributed by atoms with E-state index in [1.165, 1.54) is 0 Å². The summed E-state index contributed by atoms with van der Waals surface area (Å²) in [7, 11) is 0. The number of benzene rings is 1. The molecular weight excluding hydrogens is 165 g/mol. The van der Waals surface area contributed by atoms with E-state index in [1.54, 1.807) is 13.0 Å². The molecule has 13 heavy (non-hydrogen) atoms. The summed E-state index contributed by atoms with van der Waals surface area (Å²) in [5, 5.41) is 0. The molecule has 1 aromatic rings. The Labute approximate surface area is 77.8 Å². The molecule has 1 aliphatic carbocycles. The number of fused-ring (bicyclic) bond motifs is 1. The van der Waals surface area contributed by atoms with Crippen molar-refractivity contribution >= 4 is 0 Å². The van der Waals surface area contributed by atoms with Gasteiger partial charge < -0.3 is 5.73 Å². The molecule has 70 valence electrons. The standard InChI is InChI=1S/C11H14FN/c1-7-5-9-8(6-10(7)12)3-2-4-11(9)13/h5-6,11H,2-4,13H2,1H3/t11-/m0/s1. The fraction of sp³-hybridized carbons (Fsp3) is 0.455. The molecule has 0 radical (unpaired) electrons. The topological polar surface area (TPSA) is 26.0 Å². The first-order chi connectivity index (χ1) is 6.18. The SMILES string of the molecule is Cc1cc2c(cc1F)CCC[C@@H]2N. The molecule has 1 aliphatic rings. The van der Waals surface area contributed by atoms with Gasteiger partial charge >= 0.3 is 0 Å². The summed E-state index contributed by atoms with van der Waals surface area (Å²) in [4.78, 5) is 0. The quantitative estimate of drug-likeness (QED) is 0.650. The highest BCUT2D eigenvalue weighted by Crippen LogP contribution is 2.29. The Morgan fingerprint density at radius 3 is 3.00 bits per heavy atom. The van der Waals surface area contributed by atoms with Gasteiger partial charge in [0.2, 0.25) is 0 Å². The van der Waals surface area contributed by atoms with Crippen molar-refractivity contribution in [3.8, 4) is 0 Å². The predicted octanol–water partition coefficient (Wildman–Crippen LogP) is 2.47. The van der Waals surface area contributed by atoms with E-state index in [0.29, 0.717) is 5.56 Å². The van der Waals surface area contributed by atoms with Crippen LogP contribution in [-0.2, 0) is 6.42 Å². The van der Waals surface area contributed by atoms with Crippen molar-refractivity contribution < 1.29 is 4.39 Å². The van der Waals surface area contributed by atoms with Crippen molar-refractivity contribution in [1.29, 1.82) is 0 Å². The lowest BCUT2D eigenvalue weighted by Crippen LogP contribution is -2.17. The normalized spacial score (nSPS) is 21.3. The zero-order chi connectivity index (χ0) is 9.42. The van der Waals surface area contributed by atoms with Gasteiger partial charge in [0.15, 0.2) is 0 Å². The molecule has 1 nitrogen and oxygen atoms in total. The second-order valence-corrected chi connectivity index (χ2v) is 3.80. The average Bonchev–Trinajstić information content (AvgIpc) is 2.09. The zero-order valence-corrected chi connectivity index (χ0v) is 7.81. The minimum atomic E-state index is -0.104. The lowest BCUT2D eigenvalue weighted by Gasteiger charge is -2.22. The predicted molar refractivity (Wildman–Crippen MR) is 51.0 cm³/mol. The van der Waals surface area contributed by atoms with E-state index in [9.17, 15) is 4.39 Å². The Bertz CT molecular complexity index is 333. The third-order valence-electron chi connectivity index (χ3n) is 2.78. The number of rotatable bonds is 0. The van der Waals surface area contributed by atoms with Gasteiger partial charge in [0.25, 0.3) is 0 Å². The maximum Gasteiger partial charge on any atom is 0.126 e. The Balaban J connectivity index is 2.52. The van der Waals surface area contributed by atoms with Gasteiger partial charge in [-0.05, 0) is 48.9 Å². The lowest BCUT2D eigenvalue weighted by molar-refractivity contribution is 0.557. The summed E-state index contributed by atoms with van der Waals surface area (Å²) >= 11 is 0. The number of nitrogens with two attached hydrogens (primary N) is 1. The van der Waals surface area contributed by atoms with E-state index < -0.39 is 0 Å². The summed E-state index contributed by atoms with van der Waals surface area (Å²) < 4.78 is 13.2.